The largest absolute Gasteiger partial charge is 0.491 e. The van der Waals surface area contributed by atoms with E-state index in [-0.39, 0.29) is 12.2 Å². The van der Waals surface area contributed by atoms with Crippen LogP contribution in [0.5, 0.6) is 0 Å². The van der Waals surface area contributed by atoms with E-state index in [4.69, 9.17) is 9.47 Å². The van der Waals surface area contributed by atoms with Gasteiger partial charge in [0.2, 0.25) is 0 Å². The molecule has 12 heavy (non-hydrogen) atoms. The lowest BCUT2D eigenvalue weighted by Gasteiger charge is -2.34. The fraction of sp³-hybridized carbons (Fsp3) is 0.600. The molecular weight excluding hydrogens is 152 g/mol. The first-order valence-corrected chi connectivity index (χ1v) is 4.42. The van der Waals surface area contributed by atoms with Crippen LogP contribution >= 0.6 is 0 Å². The van der Waals surface area contributed by atoms with Gasteiger partial charge in [0.15, 0.2) is 0 Å². The van der Waals surface area contributed by atoms with Crippen LogP contribution in [0.25, 0.3) is 0 Å². The van der Waals surface area contributed by atoms with Gasteiger partial charge in [0.05, 0.1) is 11.5 Å². The van der Waals surface area contributed by atoms with Gasteiger partial charge >= 0.3 is 0 Å². The molecule has 0 aromatic rings. The first kappa shape index (κ1) is 7.71. The second-order valence-electron chi connectivity index (χ2n) is 3.41. The van der Waals surface area contributed by atoms with E-state index < -0.39 is 0 Å². The Morgan fingerprint density at radius 3 is 1.83 bits per heavy atom. The zero-order valence-corrected chi connectivity index (χ0v) is 7.54. The van der Waals surface area contributed by atoms with Gasteiger partial charge in [-0.3, -0.25) is 0 Å². The highest BCUT2D eigenvalue weighted by Gasteiger charge is 2.29. The van der Waals surface area contributed by atoms with Crippen molar-refractivity contribution in [1.82, 2.24) is 0 Å². The average Bonchev–Trinajstić information content (AvgIpc) is 2.05. The van der Waals surface area contributed by atoms with E-state index in [0.29, 0.717) is 0 Å². The molecule has 0 aromatic carbocycles. The Labute approximate surface area is 72.9 Å². The average molecular weight is 166 g/mol. The minimum absolute atomic E-state index is 0.249. The highest BCUT2D eigenvalue weighted by Crippen LogP contribution is 2.28. The maximum Gasteiger partial charge on any atom is 0.139 e. The molecule has 0 amide bonds. The minimum atomic E-state index is 0.249. The molecule has 2 aliphatic rings. The fourth-order valence-corrected chi connectivity index (χ4v) is 1.69. The molecule has 0 unspecified atom stereocenters. The summed E-state index contributed by atoms with van der Waals surface area (Å²) in [7, 11) is 0. The van der Waals surface area contributed by atoms with Gasteiger partial charge < -0.3 is 9.47 Å². The highest BCUT2D eigenvalue weighted by molar-refractivity contribution is 5.06. The van der Waals surface area contributed by atoms with Crippen molar-refractivity contribution >= 4 is 0 Å². The maximum atomic E-state index is 5.63. The molecule has 0 fully saturated rings. The van der Waals surface area contributed by atoms with Crippen LogP contribution in [-0.2, 0) is 9.47 Å². The van der Waals surface area contributed by atoms with E-state index in [1.807, 2.05) is 13.8 Å². The van der Waals surface area contributed by atoms with Crippen molar-refractivity contribution in [3.05, 3.63) is 23.7 Å². The van der Waals surface area contributed by atoms with Crippen LogP contribution in [0.3, 0.4) is 0 Å². The van der Waals surface area contributed by atoms with Gasteiger partial charge in [0, 0.05) is 12.8 Å². The minimum Gasteiger partial charge on any atom is -0.491 e. The summed E-state index contributed by atoms with van der Waals surface area (Å²) >= 11 is 0. The molecule has 2 atom stereocenters. The zero-order valence-electron chi connectivity index (χ0n) is 7.54. The van der Waals surface area contributed by atoms with E-state index in [2.05, 4.69) is 12.2 Å². The van der Waals surface area contributed by atoms with Crippen LogP contribution in [0.4, 0.5) is 0 Å². The number of rotatable bonds is 0. The Hall–Kier alpha value is -0.920. The molecule has 2 nitrogen and oxygen atoms in total. The standard InChI is InChI=1S/C10H14O2/c1-7-3-5-10-9(11-7)6-4-8(2)12-10/h3-4,9-10H,5-6H2,1-2H3/t9-,10-/m1/s1. The summed E-state index contributed by atoms with van der Waals surface area (Å²) < 4.78 is 11.3. The zero-order chi connectivity index (χ0) is 8.55. The summed E-state index contributed by atoms with van der Waals surface area (Å²) in [5.74, 6) is 2.07. The molecule has 0 bridgehead atoms. The molecule has 0 radical (unpaired) electrons. The lowest BCUT2D eigenvalue weighted by atomic mass is 10.0. The van der Waals surface area contributed by atoms with E-state index in [1.54, 1.807) is 0 Å². The molecule has 0 spiro atoms. The number of hydrogen-bond donors (Lipinski definition) is 0. The number of hydrogen-bond acceptors (Lipinski definition) is 2. The number of allylic oxidation sites excluding steroid dienone is 2. The van der Waals surface area contributed by atoms with Crippen molar-refractivity contribution in [3.8, 4) is 0 Å². The van der Waals surface area contributed by atoms with E-state index in [1.165, 1.54) is 0 Å². The Kier molecular flexibility index (Phi) is 1.83. The van der Waals surface area contributed by atoms with Crippen LogP contribution < -0.4 is 0 Å². The second-order valence-corrected chi connectivity index (χ2v) is 3.41. The Morgan fingerprint density at radius 1 is 1.00 bits per heavy atom. The summed E-state index contributed by atoms with van der Waals surface area (Å²) in [6, 6.07) is 0. The van der Waals surface area contributed by atoms with Crippen LogP contribution in [0, 0.1) is 0 Å². The maximum absolute atomic E-state index is 5.63. The lowest BCUT2D eigenvalue weighted by molar-refractivity contribution is -0.0427. The van der Waals surface area contributed by atoms with Crippen molar-refractivity contribution < 1.29 is 9.47 Å². The van der Waals surface area contributed by atoms with Crippen molar-refractivity contribution in [3.63, 3.8) is 0 Å². The predicted molar refractivity (Wildman–Crippen MR) is 46.5 cm³/mol. The fourth-order valence-electron chi connectivity index (χ4n) is 1.69. The van der Waals surface area contributed by atoms with Crippen molar-refractivity contribution in [2.45, 2.75) is 38.9 Å². The molecular formula is C10H14O2. The third kappa shape index (κ3) is 1.33. The Balaban J connectivity index is 2.10. The molecule has 0 aliphatic carbocycles. The van der Waals surface area contributed by atoms with Gasteiger partial charge in [0.25, 0.3) is 0 Å². The summed E-state index contributed by atoms with van der Waals surface area (Å²) in [6.07, 6.45) is 6.67. The van der Waals surface area contributed by atoms with Crippen LogP contribution in [0.1, 0.15) is 26.7 Å². The van der Waals surface area contributed by atoms with Gasteiger partial charge in [-0.15, -0.1) is 0 Å². The molecule has 0 saturated heterocycles. The molecule has 2 heterocycles. The second kappa shape index (κ2) is 2.85. The topological polar surface area (TPSA) is 18.5 Å². The van der Waals surface area contributed by atoms with Crippen LogP contribution in [0.15, 0.2) is 23.7 Å². The van der Waals surface area contributed by atoms with Gasteiger partial charge in [-0.25, -0.2) is 0 Å². The lowest BCUT2D eigenvalue weighted by Crippen LogP contribution is -2.35. The molecule has 2 rings (SSSR count). The number of fused-ring (bicyclic) bond motifs is 1. The van der Waals surface area contributed by atoms with Crippen molar-refractivity contribution in [2.75, 3.05) is 0 Å². The summed E-state index contributed by atoms with van der Waals surface area (Å²) in [4.78, 5) is 0. The quantitative estimate of drug-likeness (QED) is 0.550. The highest BCUT2D eigenvalue weighted by atomic mass is 16.5. The normalized spacial score (nSPS) is 33.8. The molecule has 0 saturated carbocycles. The first-order chi connectivity index (χ1) is 5.75. The third-order valence-corrected chi connectivity index (χ3v) is 2.36. The van der Waals surface area contributed by atoms with E-state index >= 15 is 0 Å². The van der Waals surface area contributed by atoms with Crippen molar-refractivity contribution in [2.24, 2.45) is 0 Å². The SMILES string of the molecule is CC1=CC[C@H]2OC(C)=CC[C@H]2O1. The van der Waals surface area contributed by atoms with Gasteiger partial charge in [0.1, 0.15) is 12.2 Å². The van der Waals surface area contributed by atoms with Crippen molar-refractivity contribution in [1.29, 1.82) is 0 Å². The molecule has 2 aliphatic heterocycles. The first-order valence-electron chi connectivity index (χ1n) is 4.42. The third-order valence-electron chi connectivity index (χ3n) is 2.36. The summed E-state index contributed by atoms with van der Waals surface area (Å²) in [6.45, 7) is 4.00. The van der Waals surface area contributed by atoms with Gasteiger partial charge in [-0.2, -0.15) is 0 Å². The molecule has 0 aromatic heterocycles. The summed E-state index contributed by atoms with van der Waals surface area (Å²) in [5, 5.41) is 0. The van der Waals surface area contributed by atoms with Gasteiger partial charge in [-0.1, -0.05) is 0 Å². The van der Waals surface area contributed by atoms with Crippen LogP contribution in [-0.4, -0.2) is 12.2 Å². The van der Waals surface area contributed by atoms with Crippen LogP contribution in [0.2, 0.25) is 0 Å². The smallest absolute Gasteiger partial charge is 0.139 e. The van der Waals surface area contributed by atoms with E-state index in [0.717, 1.165) is 24.4 Å². The monoisotopic (exact) mass is 166 g/mol. The Morgan fingerprint density at radius 2 is 1.42 bits per heavy atom. The molecule has 0 N–H and O–H groups in total. The molecule has 2 heteroatoms. The van der Waals surface area contributed by atoms with E-state index in [9.17, 15) is 0 Å². The summed E-state index contributed by atoms with van der Waals surface area (Å²) in [5.41, 5.74) is 0. The number of ether oxygens (including phenoxy) is 2. The predicted octanol–water partition coefficient (Wildman–Crippen LogP) is 2.37. The van der Waals surface area contributed by atoms with Gasteiger partial charge in [-0.05, 0) is 26.0 Å². The Bertz CT molecular complexity index is 214. The molecule has 66 valence electrons.